The van der Waals surface area contributed by atoms with Gasteiger partial charge in [0.05, 0.1) is 12.1 Å². The largest absolute Gasteiger partial charge is 0.378 e. The highest BCUT2D eigenvalue weighted by atomic mass is 16.5. The highest BCUT2D eigenvalue weighted by molar-refractivity contribution is 4.91. The zero-order valence-electron chi connectivity index (χ0n) is 9.69. The molecule has 0 saturated carbocycles. The van der Waals surface area contributed by atoms with Crippen LogP contribution in [-0.2, 0) is 11.2 Å². The van der Waals surface area contributed by atoms with Crippen LogP contribution in [0.2, 0.25) is 0 Å². The predicted molar refractivity (Wildman–Crippen MR) is 58.8 cm³/mol. The maximum atomic E-state index is 5.66. The summed E-state index contributed by atoms with van der Waals surface area (Å²) >= 11 is 0. The molecule has 5 heteroatoms. The second-order valence-corrected chi connectivity index (χ2v) is 4.36. The summed E-state index contributed by atoms with van der Waals surface area (Å²) in [5, 5.41) is 3.83. The molecule has 0 spiro atoms. The van der Waals surface area contributed by atoms with Gasteiger partial charge in [-0.05, 0) is 32.6 Å². The highest BCUT2D eigenvalue weighted by Crippen LogP contribution is 2.17. The molecule has 1 aromatic rings. The average Bonchev–Trinajstić information content (AvgIpc) is 2.76. The molecule has 16 heavy (non-hydrogen) atoms. The van der Waals surface area contributed by atoms with Crippen LogP contribution in [0.1, 0.15) is 50.4 Å². The van der Waals surface area contributed by atoms with Crippen molar-refractivity contribution in [3.63, 3.8) is 0 Å². The molecule has 2 atom stereocenters. The van der Waals surface area contributed by atoms with E-state index < -0.39 is 0 Å². The summed E-state index contributed by atoms with van der Waals surface area (Å²) < 4.78 is 10.8. The van der Waals surface area contributed by atoms with Crippen LogP contribution in [-0.4, -0.2) is 22.9 Å². The standard InChI is InChI=1S/C11H19N3O2/c1-8(12)11-13-10(16-14-11)6-5-9-4-2-3-7-15-9/h8-9H,2-7,12H2,1H3. The van der Waals surface area contributed by atoms with Gasteiger partial charge in [0.15, 0.2) is 5.82 Å². The minimum absolute atomic E-state index is 0.163. The quantitative estimate of drug-likeness (QED) is 0.842. The number of nitrogens with two attached hydrogens (primary N) is 1. The summed E-state index contributed by atoms with van der Waals surface area (Å²) in [5.41, 5.74) is 5.66. The van der Waals surface area contributed by atoms with Gasteiger partial charge >= 0.3 is 0 Å². The zero-order chi connectivity index (χ0) is 11.4. The van der Waals surface area contributed by atoms with E-state index in [-0.39, 0.29) is 6.04 Å². The Morgan fingerprint density at radius 3 is 3.00 bits per heavy atom. The summed E-state index contributed by atoms with van der Waals surface area (Å²) in [4.78, 5) is 4.24. The Bertz CT molecular complexity index is 319. The third-order valence-corrected chi connectivity index (χ3v) is 2.85. The van der Waals surface area contributed by atoms with E-state index in [1.54, 1.807) is 0 Å². The van der Waals surface area contributed by atoms with Crippen molar-refractivity contribution < 1.29 is 9.26 Å². The first kappa shape index (κ1) is 11.5. The van der Waals surface area contributed by atoms with Crippen LogP contribution in [0.5, 0.6) is 0 Å². The lowest BCUT2D eigenvalue weighted by Gasteiger charge is -2.21. The van der Waals surface area contributed by atoms with Crippen molar-refractivity contribution in [1.29, 1.82) is 0 Å². The van der Waals surface area contributed by atoms with E-state index in [2.05, 4.69) is 10.1 Å². The summed E-state index contributed by atoms with van der Waals surface area (Å²) in [5.74, 6) is 1.25. The van der Waals surface area contributed by atoms with Gasteiger partial charge in [-0.15, -0.1) is 0 Å². The molecule has 0 amide bonds. The summed E-state index contributed by atoms with van der Waals surface area (Å²) in [6.45, 7) is 2.73. The molecule has 0 aliphatic carbocycles. The molecule has 1 aliphatic rings. The Labute approximate surface area is 95.3 Å². The van der Waals surface area contributed by atoms with Gasteiger partial charge in [0, 0.05) is 13.0 Å². The number of nitrogens with zero attached hydrogens (tertiary/aromatic N) is 2. The fourth-order valence-corrected chi connectivity index (χ4v) is 1.87. The lowest BCUT2D eigenvalue weighted by atomic mass is 10.0. The van der Waals surface area contributed by atoms with Gasteiger partial charge in [0.25, 0.3) is 0 Å². The third kappa shape index (κ3) is 3.02. The fraction of sp³-hybridized carbons (Fsp3) is 0.818. The molecular weight excluding hydrogens is 206 g/mol. The SMILES string of the molecule is CC(N)c1noc(CCC2CCCCO2)n1. The third-order valence-electron chi connectivity index (χ3n) is 2.85. The van der Waals surface area contributed by atoms with Crippen LogP contribution >= 0.6 is 0 Å². The van der Waals surface area contributed by atoms with Crippen molar-refractivity contribution in [1.82, 2.24) is 10.1 Å². The molecule has 1 fully saturated rings. The first-order chi connectivity index (χ1) is 7.75. The number of hydrogen-bond donors (Lipinski definition) is 1. The van der Waals surface area contributed by atoms with Gasteiger partial charge < -0.3 is 15.0 Å². The van der Waals surface area contributed by atoms with Gasteiger partial charge in [0.1, 0.15) is 0 Å². The Kier molecular flexibility index (Phi) is 3.90. The Morgan fingerprint density at radius 1 is 1.50 bits per heavy atom. The van der Waals surface area contributed by atoms with E-state index in [0.29, 0.717) is 17.8 Å². The fourth-order valence-electron chi connectivity index (χ4n) is 1.87. The highest BCUT2D eigenvalue weighted by Gasteiger charge is 2.16. The first-order valence-corrected chi connectivity index (χ1v) is 5.95. The average molecular weight is 225 g/mol. The molecule has 2 heterocycles. The van der Waals surface area contributed by atoms with Crippen LogP contribution in [0.3, 0.4) is 0 Å². The van der Waals surface area contributed by atoms with E-state index in [1.165, 1.54) is 12.8 Å². The second-order valence-electron chi connectivity index (χ2n) is 4.36. The maximum Gasteiger partial charge on any atom is 0.226 e. The van der Waals surface area contributed by atoms with Crippen molar-refractivity contribution in [2.24, 2.45) is 5.73 Å². The Morgan fingerprint density at radius 2 is 2.38 bits per heavy atom. The van der Waals surface area contributed by atoms with Gasteiger partial charge in [-0.2, -0.15) is 4.98 Å². The van der Waals surface area contributed by atoms with Crippen LogP contribution < -0.4 is 5.73 Å². The van der Waals surface area contributed by atoms with Crippen molar-refractivity contribution in [3.05, 3.63) is 11.7 Å². The topological polar surface area (TPSA) is 74.2 Å². The first-order valence-electron chi connectivity index (χ1n) is 5.95. The minimum Gasteiger partial charge on any atom is -0.378 e. The van der Waals surface area contributed by atoms with Crippen LogP contribution in [0.25, 0.3) is 0 Å². The Balaban J connectivity index is 1.79. The van der Waals surface area contributed by atoms with Gasteiger partial charge in [0.2, 0.25) is 5.89 Å². The zero-order valence-corrected chi connectivity index (χ0v) is 9.69. The molecule has 2 unspecified atom stereocenters. The van der Waals surface area contributed by atoms with E-state index in [1.807, 2.05) is 6.92 Å². The molecule has 5 nitrogen and oxygen atoms in total. The number of ether oxygens (including phenoxy) is 1. The number of rotatable bonds is 4. The molecular formula is C11H19N3O2. The van der Waals surface area contributed by atoms with Crippen LogP contribution in [0, 0.1) is 0 Å². The number of aryl methyl sites for hydroxylation is 1. The van der Waals surface area contributed by atoms with E-state index in [4.69, 9.17) is 15.0 Å². The van der Waals surface area contributed by atoms with Crippen molar-refractivity contribution in [2.75, 3.05) is 6.61 Å². The van der Waals surface area contributed by atoms with Gasteiger partial charge in [-0.1, -0.05) is 5.16 Å². The second kappa shape index (κ2) is 5.41. The van der Waals surface area contributed by atoms with Crippen LogP contribution in [0.15, 0.2) is 4.52 Å². The molecule has 2 N–H and O–H groups in total. The molecule has 2 rings (SSSR count). The van der Waals surface area contributed by atoms with Crippen molar-refractivity contribution in [3.8, 4) is 0 Å². The number of aromatic nitrogens is 2. The molecule has 0 aromatic carbocycles. The summed E-state index contributed by atoms with van der Waals surface area (Å²) in [6.07, 6.45) is 5.70. The smallest absolute Gasteiger partial charge is 0.226 e. The molecule has 90 valence electrons. The predicted octanol–water partition coefficient (Wildman–Crippen LogP) is 1.59. The van der Waals surface area contributed by atoms with E-state index >= 15 is 0 Å². The normalized spacial score (nSPS) is 23.2. The molecule has 1 saturated heterocycles. The van der Waals surface area contributed by atoms with Gasteiger partial charge in [-0.3, -0.25) is 0 Å². The molecule has 1 aromatic heterocycles. The van der Waals surface area contributed by atoms with E-state index in [0.717, 1.165) is 25.9 Å². The lowest BCUT2D eigenvalue weighted by Crippen LogP contribution is -2.19. The summed E-state index contributed by atoms with van der Waals surface area (Å²) in [6, 6.07) is -0.163. The molecule has 1 aliphatic heterocycles. The maximum absolute atomic E-state index is 5.66. The van der Waals surface area contributed by atoms with Crippen molar-refractivity contribution >= 4 is 0 Å². The van der Waals surface area contributed by atoms with Crippen LogP contribution in [0.4, 0.5) is 0 Å². The van der Waals surface area contributed by atoms with Gasteiger partial charge in [-0.25, -0.2) is 0 Å². The minimum atomic E-state index is -0.163. The summed E-state index contributed by atoms with van der Waals surface area (Å²) in [7, 11) is 0. The number of hydrogen-bond acceptors (Lipinski definition) is 5. The monoisotopic (exact) mass is 225 g/mol. The Hall–Kier alpha value is -0.940. The molecule has 0 radical (unpaired) electrons. The molecule has 0 bridgehead atoms. The lowest BCUT2D eigenvalue weighted by molar-refractivity contribution is 0.0104. The van der Waals surface area contributed by atoms with E-state index in [9.17, 15) is 0 Å². The van der Waals surface area contributed by atoms with Crippen molar-refractivity contribution in [2.45, 2.75) is 51.2 Å².